The van der Waals surface area contributed by atoms with E-state index in [0.717, 1.165) is 6.61 Å². The molecule has 0 radical (unpaired) electrons. The predicted octanol–water partition coefficient (Wildman–Crippen LogP) is -0.592. The van der Waals surface area contributed by atoms with E-state index in [1.54, 1.807) is 0 Å². The number of rotatable bonds is 0. The summed E-state index contributed by atoms with van der Waals surface area (Å²) < 4.78 is 8.88. The minimum atomic E-state index is -4.64. The fourth-order valence-corrected chi connectivity index (χ4v) is 0.204. The fraction of sp³-hybridized carbons (Fsp3) is 1.00. The van der Waals surface area contributed by atoms with Crippen LogP contribution in [0.1, 0.15) is 6.92 Å². The molecule has 1 saturated heterocycles. The molecule has 0 bridgehead atoms. The molecule has 10 heavy (non-hydrogen) atoms. The molecule has 1 rings (SSSR count). The number of phosphoric acid groups is 1. The molecule has 0 saturated carbocycles. The van der Waals surface area contributed by atoms with Crippen molar-refractivity contribution in [2.75, 3.05) is 6.61 Å². The first-order valence-electron chi connectivity index (χ1n) is 2.46. The molecule has 1 atom stereocenters. The van der Waals surface area contributed by atoms with Crippen molar-refractivity contribution in [2.45, 2.75) is 13.0 Å². The van der Waals surface area contributed by atoms with Gasteiger partial charge in [-0.25, -0.2) is 14.3 Å². The van der Waals surface area contributed by atoms with Crippen molar-refractivity contribution in [3.63, 3.8) is 0 Å². The van der Waals surface area contributed by atoms with Crippen LogP contribution in [0.5, 0.6) is 0 Å². The van der Waals surface area contributed by atoms with Gasteiger partial charge in [-0.2, -0.15) is 0 Å². The van der Waals surface area contributed by atoms with Crippen LogP contribution in [0, 0.1) is 0 Å². The first-order valence-corrected chi connectivity index (χ1v) is 4.02. The lowest BCUT2D eigenvalue weighted by Gasteiger charge is -2.18. The average molecular weight is 172 g/mol. The van der Waals surface area contributed by atoms with Crippen molar-refractivity contribution < 1.29 is 29.0 Å². The minimum Gasteiger partial charge on any atom is -0.303 e. The Kier molecular flexibility index (Phi) is 4.04. The van der Waals surface area contributed by atoms with Gasteiger partial charge in [0.25, 0.3) is 0 Å². The summed E-state index contributed by atoms with van der Waals surface area (Å²) in [5.74, 6) is 0. The Morgan fingerprint density at radius 3 is 1.70 bits per heavy atom. The van der Waals surface area contributed by atoms with E-state index in [9.17, 15) is 0 Å². The maximum absolute atomic E-state index is 8.88. The second-order valence-corrected chi connectivity index (χ2v) is 2.73. The number of hydrogen-bond acceptors (Lipinski definition) is 3. The molecule has 1 heterocycles. The summed E-state index contributed by atoms with van der Waals surface area (Å²) in [6, 6.07) is 0. The van der Waals surface area contributed by atoms with E-state index in [-0.39, 0.29) is 0 Å². The molecule has 1 fully saturated rings. The van der Waals surface area contributed by atoms with Crippen LogP contribution in [0.3, 0.4) is 0 Å². The molecule has 6 nitrogen and oxygen atoms in total. The second kappa shape index (κ2) is 4.02. The first-order chi connectivity index (χ1) is 4.39. The molecule has 3 N–H and O–H groups in total. The summed E-state index contributed by atoms with van der Waals surface area (Å²) in [6.07, 6.45) is 0.343. The molecule has 1 aliphatic heterocycles. The van der Waals surface area contributed by atoms with Gasteiger partial charge in [0.1, 0.15) is 12.7 Å². The molecule has 62 valence electrons. The lowest BCUT2D eigenvalue weighted by molar-refractivity contribution is -0.419. The minimum absolute atomic E-state index is 0.343. The van der Waals surface area contributed by atoms with Crippen molar-refractivity contribution in [1.82, 2.24) is 0 Å². The normalized spacial score (nSPS) is 24.2. The molecule has 0 aromatic carbocycles. The molecule has 0 aromatic rings. The van der Waals surface area contributed by atoms with Crippen LogP contribution in [0.4, 0.5) is 0 Å². The van der Waals surface area contributed by atoms with E-state index >= 15 is 0 Å². The van der Waals surface area contributed by atoms with Crippen molar-refractivity contribution in [2.24, 2.45) is 0 Å². The molecule has 0 aliphatic carbocycles. The Morgan fingerprint density at radius 1 is 1.50 bits per heavy atom. The number of hydrogen-bond donors (Lipinski definition) is 3. The van der Waals surface area contributed by atoms with Crippen molar-refractivity contribution in [1.29, 1.82) is 0 Å². The molecule has 7 heteroatoms. The average Bonchev–Trinajstić information content (AvgIpc) is 1.56. The van der Waals surface area contributed by atoms with Crippen molar-refractivity contribution in [3.05, 3.63) is 0 Å². The van der Waals surface area contributed by atoms with Crippen LogP contribution in [0.2, 0.25) is 0 Å². The summed E-state index contributed by atoms with van der Waals surface area (Å²) in [5, 5.41) is 0. The molecular formula is C3H9O6P. The highest BCUT2D eigenvalue weighted by atomic mass is 31.2. The van der Waals surface area contributed by atoms with E-state index in [1.807, 2.05) is 6.92 Å². The Bertz CT molecular complexity index is 117. The van der Waals surface area contributed by atoms with Crippen LogP contribution < -0.4 is 0 Å². The highest BCUT2D eigenvalue weighted by molar-refractivity contribution is 7.45. The monoisotopic (exact) mass is 172 g/mol. The van der Waals surface area contributed by atoms with Crippen LogP contribution in [-0.4, -0.2) is 27.4 Å². The molecule has 0 spiro atoms. The molecule has 1 unspecified atom stereocenters. The van der Waals surface area contributed by atoms with E-state index < -0.39 is 7.82 Å². The van der Waals surface area contributed by atoms with Crippen LogP contribution in [0.25, 0.3) is 0 Å². The molecule has 1 aliphatic rings. The van der Waals surface area contributed by atoms with Gasteiger partial charge in [0.15, 0.2) is 0 Å². The fourth-order valence-electron chi connectivity index (χ4n) is 0.204. The largest absolute Gasteiger partial charge is 0.466 e. The first kappa shape index (κ1) is 10.0. The molecular weight excluding hydrogens is 163 g/mol. The second-order valence-electron chi connectivity index (χ2n) is 1.70. The Hall–Kier alpha value is 0.0300. The third-order valence-corrected chi connectivity index (χ3v) is 0.535. The maximum Gasteiger partial charge on any atom is 0.466 e. The van der Waals surface area contributed by atoms with Crippen LogP contribution >= 0.6 is 7.82 Å². The summed E-state index contributed by atoms with van der Waals surface area (Å²) in [6.45, 7) is 2.73. The SMILES string of the molecule is CC1COO1.O=P(O)(O)O. The third-order valence-electron chi connectivity index (χ3n) is 0.535. The summed E-state index contributed by atoms with van der Waals surface area (Å²) in [7, 11) is -4.64. The lowest BCUT2D eigenvalue weighted by Crippen LogP contribution is -2.26. The standard InChI is InChI=1S/C3H6O2.H3O4P/c1-3-2-4-5-3;1-5(2,3)4/h3H,2H2,1H3;(H3,1,2,3,4). The highest BCUT2D eigenvalue weighted by Crippen LogP contribution is 2.25. The van der Waals surface area contributed by atoms with E-state index in [1.165, 1.54) is 0 Å². The summed E-state index contributed by atoms with van der Waals surface area (Å²) >= 11 is 0. The van der Waals surface area contributed by atoms with Crippen molar-refractivity contribution >= 4 is 7.82 Å². The van der Waals surface area contributed by atoms with Gasteiger partial charge >= 0.3 is 7.82 Å². The van der Waals surface area contributed by atoms with Gasteiger partial charge in [0.2, 0.25) is 0 Å². The summed E-state index contributed by atoms with van der Waals surface area (Å²) in [4.78, 5) is 30.3. The van der Waals surface area contributed by atoms with Gasteiger partial charge in [0, 0.05) is 0 Å². The van der Waals surface area contributed by atoms with Gasteiger partial charge < -0.3 is 14.7 Å². The van der Waals surface area contributed by atoms with E-state index in [2.05, 4.69) is 9.78 Å². The Balaban J connectivity index is 0.000000162. The maximum atomic E-state index is 8.88. The van der Waals surface area contributed by atoms with Crippen LogP contribution in [-0.2, 0) is 14.3 Å². The summed E-state index contributed by atoms with van der Waals surface area (Å²) in [5.41, 5.74) is 0. The zero-order valence-electron chi connectivity index (χ0n) is 5.30. The van der Waals surface area contributed by atoms with Gasteiger partial charge in [-0.1, -0.05) is 0 Å². The van der Waals surface area contributed by atoms with Crippen molar-refractivity contribution in [3.8, 4) is 0 Å². The predicted molar refractivity (Wildman–Crippen MR) is 30.8 cm³/mol. The third kappa shape index (κ3) is 10.9. The Labute approximate surface area is 57.6 Å². The quantitative estimate of drug-likeness (QED) is 0.333. The van der Waals surface area contributed by atoms with Crippen LogP contribution in [0.15, 0.2) is 0 Å². The van der Waals surface area contributed by atoms with Gasteiger partial charge in [0.05, 0.1) is 0 Å². The topological polar surface area (TPSA) is 96.2 Å². The van der Waals surface area contributed by atoms with E-state index in [4.69, 9.17) is 19.2 Å². The zero-order valence-corrected chi connectivity index (χ0v) is 6.19. The van der Waals surface area contributed by atoms with Gasteiger partial charge in [-0.05, 0) is 6.92 Å². The Morgan fingerprint density at radius 2 is 1.70 bits per heavy atom. The zero-order chi connectivity index (χ0) is 8.20. The lowest BCUT2D eigenvalue weighted by atomic mass is 10.4. The molecule has 0 amide bonds. The molecule has 0 aromatic heterocycles. The van der Waals surface area contributed by atoms with Gasteiger partial charge in [-0.15, -0.1) is 0 Å². The van der Waals surface area contributed by atoms with Gasteiger partial charge in [-0.3, -0.25) is 0 Å². The van der Waals surface area contributed by atoms with E-state index in [0.29, 0.717) is 6.10 Å². The smallest absolute Gasteiger partial charge is 0.303 e. The highest BCUT2D eigenvalue weighted by Gasteiger charge is 2.11.